The molecule has 0 aliphatic carbocycles. The van der Waals surface area contributed by atoms with E-state index in [-0.39, 0.29) is 17.9 Å². The molecular weight excluding hydrogens is 342 g/mol. The number of hydrogen-bond donors (Lipinski definition) is 3. The van der Waals surface area contributed by atoms with Crippen LogP contribution in [0.25, 0.3) is 0 Å². The van der Waals surface area contributed by atoms with Crippen LogP contribution in [-0.2, 0) is 24.2 Å². The molecule has 1 aromatic carbocycles. The number of aromatic nitrogens is 2. The number of nitrogens with one attached hydrogen (secondary N) is 3. The molecule has 0 saturated carbocycles. The van der Waals surface area contributed by atoms with Gasteiger partial charge in [0.25, 0.3) is 5.91 Å². The van der Waals surface area contributed by atoms with Crippen molar-refractivity contribution in [2.24, 2.45) is 0 Å². The van der Waals surface area contributed by atoms with Gasteiger partial charge in [0.2, 0.25) is 5.91 Å². The van der Waals surface area contributed by atoms with Gasteiger partial charge in [-0.3, -0.25) is 14.7 Å². The van der Waals surface area contributed by atoms with Crippen molar-refractivity contribution >= 4 is 29.1 Å². The number of hydrogen-bond acceptors (Lipinski definition) is 4. The van der Waals surface area contributed by atoms with Gasteiger partial charge in [0, 0.05) is 54.9 Å². The molecule has 2 aliphatic rings. The molecule has 3 N–H and O–H groups in total. The second-order valence-corrected chi connectivity index (χ2v) is 6.76. The Morgan fingerprint density at radius 1 is 1.40 bits per heavy atom. The molecule has 0 saturated heterocycles. The van der Waals surface area contributed by atoms with Gasteiger partial charge in [-0.15, -0.1) is 0 Å². The number of amides is 2. The highest BCUT2D eigenvalue weighted by Gasteiger charge is 2.33. The van der Waals surface area contributed by atoms with E-state index in [2.05, 4.69) is 20.8 Å². The van der Waals surface area contributed by atoms with Gasteiger partial charge in [-0.1, -0.05) is 11.6 Å². The molecule has 4 rings (SSSR count). The number of H-pyrrole nitrogens is 1. The number of anilines is 1. The van der Waals surface area contributed by atoms with Crippen molar-refractivity contribution in [3.63, 3.8) is 0 Å². The summed E-state index contributed by atoms with van der Waals surface area (Å²) in [6, 6.07) is 5.31. The first kappa shape index (κ1) is 16.0. The van der Waals surface area contributed by atoms with Crippen molar-refractivity contribution in [1.82, 2.24) is 20.4 Å². The Hall–Kier alpha value is -2.54. The van der Waals surface area contributed by atoms with Crippen LogP contribution in [0.3, 0.4) is 0 Å². The van der Waals surface area contributed by atoms with E-state index in [1.54, 1.807) is 11.9 Å². The second kappa shape index (κ2) is 6.07. The van der Waals surface area contributed by atoms with E-state index < -0.39 is 0 Å². The third-order valence-corrected chi connectivity index (χ3v) is 5.04. The molecule has 0 radical (unpaired) electrons. The molecule has 0 unspecified atom stereocenters. The van der Waals surface area contributed by atoms with Crippen LogP contribution in [-0.4, -0.2) is 46.5 Å². The number of carbonyl (C=O) groups is 2. The third kappa shape index (κ3) is 2.74. The Morgan fingerprint density at radius 2 is 2.24 bits per heavy atom. The van der Waals surface area contributed by atoms with Crippen LogP contribution in [0.15, 0.2) is 18.2 Å². The van der Waals surface area contributed by atoms with E-state index in [1.165, 1.54) is 0 Å². The quantitative estimate of drug-likeness (QED) is 0.755. The van der Waals surface area contributed by atoms with Crippen LogP contribution in [0.1, 0.15) is 27.3 Å². The van der Waals surface area contributed by atoms with E-state index >= 15 is 0 Å². The topological polar surface area (TPSA) is 90.1 Å². The fraction of sp³-hybridized carbons (Fsp3) is 0.353. The van der Waals surface area contributed by atoms with Crippen molar-refractivity contribution < 1.29 is 9.59 Å². The predicted molar refractivity (Wildman–Crippen MR) is 93.7 cm³/mol. The summed E-state index contributed by atoms with van der Waals surface area (Å²) >= 11 is 6.03. The molecule has 2 amide bonds. The van der Waals surface area contributed by atoms with Crippen LogP contribution in [0.2, 0.25) is 5.02 Å². The maximum atomic E-state index is 12.9. The maximum absolute atomic E-state index is 12.9. The van der Waals surface area contributed by atoms with Crippen LogP contribution >= 0.6 is 11.6 Å². The first-order chi connectivity index (χ1) is 12.1. The first-order valence-electron chi connectivity index (χ1n) is 8.18. The zero-order valence-corrected chi connectivity index (χ0v) is 14.5. The number of carbonyl (C=O) groups excluding carboxylic acids is 2. The summed E-state index contributed by atoms with van der Waals surface area (Å²) in [5.74, 6) is -0.213. The van der Waals surface area contributed by atoms with E-state index in [9.17, 15) is 9.59 Å². The maximum Gasteiger partial charge on any atom is 0.271 e. The summed E-state index contributed by atoms with van der Waals surface area (Å²) in [5.41, 5.74) is 4.10. The third-order valence-electron chi connectivity index (χ3n) is 4.81. The van der Waals surface area contributed by atoms with E-state index in [0.29, 0.717) is 36.6 Å². The van der Waals surface area contributed by atoms with Crippen LogP contribution < -0.4 is 10.6 Å². The first-order valence-corrected chi connectivity index (χ1v) is 8.56. The van der Waals surface area contributed by atoms with Crippen molar-refractivity contribution in [3.8, 4) is 0 Å². The summed E-state index contributed by atoms with van der Waals surface area (Å²) in [4.78, 5) is 26.7. The number of halogens is 1. The van der Waals surface area contributed by atoms with Gasteiger partial charge in [0.15, 0.2) is 5.69 Å². The van der Waals surface area contributed by atoms with E-state index in [1.807, 2.05) is 18.2 Å². The SMILES string of the molecule is CNC(=O)c1n[nH]c2c1CN(C(=O)[C@@H]1Cc3cc(Cl)ccc3N1)CC2. The van der Waals surface area contributed by atoms with Gasteiger partial charge in [-0.2, -0.15) is 5.10 Å². The molecule has 2 aliphatic heterocycles. The number of nitrogens with zero attached hydrogens (tertiary/aromatic N) is 2. The van der Waals surface area contributed by atoms with Gasteiger partial charge in [-0.05, 0) is 23.8 Å². The number of benzene rings is 1. The molecule has 25 heavy (non-hydrogen) atoms. The lowest BCUT2D eigenvalue weighted by Gasteiger charge is -2.29. The van der Waals surface area contributed by atoms with Gasteiger partial charge in [0.1, 0.15) is 6.04 Å². The fourth-order valence-electron chi connectivity index (χ4n) is 3.49. The van der Waals surface area contributed by atoms with E-state index in [4.69, 9.17) is 11.6 Å². The summed E-state index contributed by atoms with van der Waals surface area (Å²) in [6.45, 7) is 0.999. The lowest BCUT2D eigenvalue weighted by atomic mass is 10.0. The average molecular weight is 360 g/mol. The van der Waals surface area contributed by atoms with Crippen LogP contribution in [0.4, 0.5) is 5.69 Å². The van der Waals surface area contributed by atoms with Crippen molar-refractivity contribution in [2.45, 2.75) is 25.4 Å². The Morgan fingerprint density at radius 3 is 3.04 bits per heavy atom. The zero-order valence-electron chi connectivity index (χ0n) is 13.7. The molecule has 3 heterocycles. The Bertz CT molecular complexity index is 863. The number of fused-ring (bicyclic) bond motifs is 2. The Balaban J connectivity index is 1.52. The standard InChI is InChI=1S/C17H18ClN5O2/c1-19-16(24)15-11-8-23(5-4-13(11)21-22-15)17(25)14-7-9-6-10(18)2-3-12(9)20-14/h2-3,6,14,20H,4-5,7-8H2,1H3,(H,19,24)(H,21,22)/t14-/m0/s1. The smallest absolute Gasteiger partial charge is 0.271 e. The van der Waals surface area contributed by atoms with Gasteiger partial charge in [-0.25, -0.2) is 0 Å². The van der Waals surface area contributed by atoms with Crippen molar-refractivity contribution in [1.29, 1.82) is 0 Å². The summed E-state index contributed by atoms with van der Waals surface area (Å²) in [5, 5.41) is 13.5. The molecule has 1 atom stereocenters. The van der Waals surface area contributed by atoms with Gasteiger partial charge >= 0.3 is 0 Å². The summed E-state index contributed by atoms with van der Waals surface area (Å²) < 4.78 is 0. The fourth-order valence-corrected chi connectivity index (χ4v) is 3.68. The zero-order chi connectivity index (χ0) is 17.6. The Labute approximate surface area is 149 Å². The number of aromatic amines is 1. The molecule has 1 aromatic heterocycles. The van der Waals surface area contributed by atoms with Crippen LogP contribution in [0.5, 0.6) is 0 Å². The number of rotatable bonds is 2. The average Bonchev–Trinajstić information content (AvgIpc) is 3.23. The predicted octanol–water partition coefficient (Wildman–Crippen LogP) is 1.34. The monoisotopic (exact) mass is 359 g/mol. The molecule has 7 nitrogen and oxygen atoms in total. The van der Waals surface area contributed by atoms with Crippen molar-refractivity contribution in [3.05, 3.63) is 45.7 Å². The minimum absolute atomic E-state index is 0.0297. The minimum atomic E-state index is -0.301. The highest BCUT2D eigenvalue weighted by molar-refractivity contribution is 6.30. The molecule has 130 valence electrons. The van der Waals surface area contributed by atoms with Crippen molar-refractivity contribution in [2.75, 3.05) is 18.9 Å². The molecule has 8 heteroatoms. The van der Waals surface area contributed by atoms with Crippen LogP contribution in [0, 0.1) is 0 Å². The summed E-state index contributed by atoms with van der Waals surface area (Å²) in [6.07, 6.45) is 1.28. The highest BCUT2D eigenvalue weighted by atomic mass is 35.5. The molecule has 0 fully saturated rings. The lowest BCUT2D eigenvalue weighted by molar-refractivity contribution is -0.132. The normalized spacial score (nSPS) is 18.3. The molecule has 2 aromatic rings. The van der Waals surface area contributed by atoms with Gasteiger partial charge < -0.3 is 15.5 Å². The van der Waals surface area contributed by atoms with E-state index in [0.717, 1.165) is 22.5 Å². The second-order valence-electron chi connectivity index (χ2n) is 6.32. The molecule has 0 spiro atoms. The van der Waals surface area contributed by atoms with Gasteiger partial charge in [0.05, 0.1) is 0 Å². The largest absolute Gasteiger partial charge is 0.373 e. The highest BCUT2D eigenvalue weighted by Crippen LogP contribution is 2.30. The molecular formula is C17H18ClN5O2. The molecule has 0 bridgehead atoms. The minimum Gasteiger partial charge on any atom is -0.373 e. The summed E-state index contributed by atoms with van der Waals surface area (Å²) in [7, 11) is 1.57. The lowest BCUT2D eigenvalue weighted by Crippen LogP contribution is -2.44. The Kier molecular flexibility index (Phi) is 3.88.